The van der Waals surface area contributed by atoms with E-state index in [1.807, 2.05) is 0 Å². The molecule has 0 bridgehead atoms. The zero-order valence-electron chi connectivity index (χ0n) is 59.9. The van der Waals surface area contributed by atoms with Gasteiger partial charge in [-0.1, -0.05) is 13.8 Å². The van der Waals surface area contributed by atoms with Crippen LogP contribution in [-0.2, 0) is 76.7 Å². The Hall–Kier alpha value is -8.88. The minimum Gasteiger partial charge on any atom is -0.480 e. The molecule has 15 amide bonds. The fourth-order valence-corrected chi connectivity index (χ4v) is 12.4. The third-order valence-electron chi connectivity index (χ3n) is 18.3. The number of carbonyl (C=O) groups is 16. The van der Waals surface area contributed by atoms with E-state index in [0.29, 0.717) is 6.42 Å². The Morgan fingerprint density at radius 3 is 0.971 bits per heavy atom. The average Bonchev–Trinajstić information content (AvgIpc) is 1.74. The number of carbonyl (C=O) groups excluding carboxylic acids is 15. The van der Waals surface area contributed by atoms with Gasteiger partial charge in [0.1, 0.15) is 90.6 Å². The molecule has 23 N–H and O–H groups in total. The molecule has 0 aliphatic carbocycles. The monoisotopic (exact) mass is 1500 g/mol. The zero-order chi connectivity index (χ0) is 79.3. The van der Waals surface area contributed by atoms with E-state index in [9.17, 15) is 128 Å². The minimum absolute atomic E-state index is 0.0117. The fraction of sp³-hybridized carbons (Fsp3) is 0.746. The normalized spacial score (nSPS) is 22.1. The number of nitrogens with one attached hydrogen (secondary N) is 11. The molecule has 0 aromatic rings. The Balaban J connectivity index is 1.39. The number of amides is 15. The second-order valence-corrected chi connectivity index (χ2v) is 26.9. The number of rotatable bonds is 37. The van der Waals surface area contributed by atoms with E-state index in [2.05, 4.69) is 58.5 Å². The first-order chi connectivity index (χ1) is 49.2. The van der Waals surface area contributed by atoms with Crippen molar-refractivity contribution in [3.05, 3.63) is 0 Å². The molecule has 4 aliphatic heterocycles. The van der Waals surface area contributed by atoms with Crippen LogP contribution < -0.4 is 64.2 Å². The van der Waals surface area contributed by atoms with Gasteiger partial charge in [-0.2, -0.15) is 0 Å². The number of aliphatic carboxylic acids is 1. The molecule has 1 unspecified atom stereocenters. The van der Waals surface area contributed by atoms with E-state index < -0.39 is 254 Å². The molecule has 42 heteroatoms. The van der Waals surface area contributed by atoms with Crippen LogP contribution in [0.1, 0.15) is 114 Å². The molecule has 42 nitrogen and oxygen atoms in total. The highest BCUT2D eigenvalue weighted by Gasteiger charge is 2.47. The lowest BCUT2D eigenvalue weighted by Gasteiger charge is -2.34. The summed E-state index contributed by atoms with van der Waals surface area (Å²) in [6, 6.07) is -24.6. The van der Waals surface area contributed by atoms with Gasteiger partial charge in [0.15, 0.2) is 0 Å². The van der Waals surface area contributed by atoms with Crippen LogP contribution in [0.15, 0.2) is 0 Å². The fourth-order valence-electron chi connectivity index (χ4n) is 12.4. The Morgan fingerprint density at radius 1 is 0.333 bits per heavy atom. The number of nitrogens with two attached hydrogens (primary N) is 1. The third kappa shape index (κ3) is 23.6. The smallest absolute Gasteiger partial charge is 0.326 e. The van der Waals surface area contributed by atoms with E-state index in [1.165, 1.54) is 20.8 Å². The molecule has 0 aromatic carbocycles. The number of carboxylic acids is 1. The lowest BCUT2D eigenvalue weighted by Crippen LogP contribution is -2.65. The van der Waals surface area contributed by atoms with Gasteiger partial charge in [-0.25, -0.2) is 4.79 Å². The van der Waals surface area contributed by atoms with Crippen molar-refractivity contribution in [2.24, 2.45) is 11.7 Å². The molecule has 0 saturated carbocycles. The molecule has 0 aromatic heterocycles. The zero-order valence-corrected chi connectivity index (χ0v) is 59.9. The second kappa shape index (κ2) is 40.6. The summed E-state index contributed by atoms with van der Waals surface area (Å²) < 4.78 is 0. The number of nitrogens with zero attached hydrogens (tertiary/aromatic N) is 4. The number of carboxylic acid groups (broad SMARTS) is 1. The highest BCUT2D eigenvalue weighted by molar-refractivity contribution is 6.01. The van der Waals surface area contributed by atoms with E-state index in [4.69, 9.17) is 5.73 Å². The number of aliphatic hydroxyl groups is 9. The SMILES string of the molecule is CC(C)[C@H](NC(=O)[C@@H]1CCCN1C(=O)[C@H](CO)NC(=O)[C@@H]1CCCN1C(=O)[C@@H](NC(=O)[C@@H](NC(=O)CN)[C@@H](C)O)[C@@H](C)O)C(=O)N1CCC[C@H]1C(=O)N[C@H](C(=O)N[C@H](C(=O)N[C@@H](CO)C(=O)N[C@H](C(=O)N[C@H](C(=O)NC(CO)C(=O)N[C@@H](C)C(=O)N1CCC[C@H]1C(=O)O)[C@@H](C)O)[C@@H](C)O)[C@@H](C)O)[C@@H](C)O. The van der Waals surface area contributed by atoms with Crippen molar-refractivity contribution >= 4 is 94.6 Å². The number of aliphatic hydroxyl groups excluding tert-OH is 9. The molecule has 105 heavy (non-hydrogen) atoms. The van der Waals surface area contributed by atoms with Crippen LogP contribution in [0, 0.1) is 5.92 Å². The first kappa shape index (κ1) is 88.5. The molecule has 592 valence electrons. The highest BCUT2D eigenvalue weighted by Crippen LogP contribution is 2.25. The maximum Gasteiger partial charge on any atom is 0.326 e. The summed E-state index contributed by atoms with van der Waals surface area (Å²) in [5.74, 6) is -17.9. The van der Waals surface area contributed by atoms with Crippen molar-refractivity contribution in [1.29, 1.82) is 0 Å². The summed E-state index contributed by atoms with van der Waals surface area (Å²) in [6.07, 6.45) is -8.93. The van der Waals surface area contributed by atoms with Gasteiger partial charge in [-0.05, 0) is 106 Å². The Labute approximate surface area is 603 Å². The van der Waals surface area contributed by atoms with Crippen LogP contribution in [0.3, 0.4) is 0 Å². The van der Waals surface area contributed by atoms with Gasteiger partial charge < -0.3 is 135 Å². The Morgan fingerprint density at radius 2 is 0.619 bits per heavy atom. The summed E-state index contributed by atoms with van der Waals surface area (Å²) in [5, 5.41) is 128. The van der Waals surface area contributed by atoms with Crippen molar-refractivity contribution in [2.75, 3.05) is 52.5 Å². The summed E-state index contributed by atoms with van der Waals surface area (Å²) in [4.78, 5) is 220. The predicted molar refractivity (Wildman–Crippen MR) is 359 cm³/mol. The van der Waals surface area contributed by atoms with Crippen LogP contribution in [-0.4, -0.2) is 345 Å². The molecular formula is C63H104N16O26. The number of hydrogen-bond donors (Lipinski definition) is 22. The molecule has 4 heterocycles. The van der Waals surface area contributed by atoms with Gasteiger partial charge >= 0.3 is 5.97 Å². The third-order valence-corrected chi connectivity index (χ3v) is 18.3. The number of likely N-dealkylation sites (tertiary alicyclic amines) is 4. The highest BCUT2D eigenvalue weighted by atomic mass is 16.4. The quantitative estimate of drug-likeness (QED) is 0.0275. The first-order valence-corrected chi connectivity index (χ1v) is 34.6. The van der Waals surface area contributed by atoms with Crippen LogP contribution in [0.2, 0.25) is 0 Å². The largest absolute Gasteiger partial charge is 0.480 e. The molecule has 0 radical (unpaired) electrons. The van der Waals surface area contributed by atoms with Crippen molar-refractivity contribution in [2.45, 2.75) is 241 Å². The maximum absolute atomic E-state index is 14.5. The average molecular weight is 1500 g/mol. The topological polar surface area (TPSA) is 647 Å². The van der Waals surface area contributed by atoms with Crippen molar-refractivity contribution in [3.63, 3.8) is 0 Å². The van der Waals surface area contributed by atoms with Gasteiger partial charge in [-0.15, -0.1) is 0 Å². The second-order valence-electron chi connectivity index (χ2n) is 26.9. The van der Waals surface area contributed by atoms with Gasteiger partial charge in [0, 0.05) is 26.2 Å². The lowest BCUT2D eigenvalue weighted by atomic mass is 10.0. The van der Waals surface area contributed by atoms with Gasteiger partial charge in [0.25, 0.3) is 0 Å². The van der Waals surface area contributed by atoms with Crippen LogP contribution >= 0.6 is 0 Å². The van der Waals surface area contributed by atoms with Gasteiger partial charge in [-0.3, -0.25) is 71.9 Å². The van der Waals surface area contributed by atoms with Crippen molar-refractivity contribution in [1.82, 2.24) is 78.1 Å². The van der Waals surface area contributed by atoms with Crippen LogP contribution in [0.5, 0.6) is 0 Å². The molecule has 4 aliphatic rings. The van der Waals surface area contributed by atoms with E-state index in [1.54, 1.807) is 13.8 Å². The van der Waals surface area contributed by atoms with E-state index in [-0.39, 0.29) is 71.1 Å². The van der Waals surface area contributed by atoms with Crippen LogP contribution in [0.4, 0.5) is 0 Å². The van der Waals surface area contributed by atoms with Crippen molar-refractivity contribution < 1.29 is 128 Å². The molecule has 4 saturated heterocycles. The van der Waals surface area contributed by atoms with E-state index in [0.717, 1.165) is 47.3 Å². The summed E-state index contributed by atoms with van der Waals surface area (Å²) >= 11 is 0. The first-order valence-electron chi connectivity index (χ1n) is 34.6. The van der Waals surface area contributed by atoms with Gasteiger partial charge in [0.2, 0.25) is 88.6 Å². The Bertz CT molecular complexity index is 3140. The van der Waals surface area contributed by atoms with E-state index >= 15 is 0 Å². The number of hydrogen-bond acceptors (Lipinski definition) is 26. The predicted octanol–water partition coefficient (Wildman–Crippen LogP) is -12.7. The van der Waals surface area contributed by atoms with Crippen molar-refractivity contribution in [3.8, 4) is 0 Å². The maximum atomic E-state index is 14.5. The molecule has 0 spiro atoms. The lowest BCUT2D eigenvalue weighted by molar-refractivity contribution is -0.149. The molecule has 4 rings (SSSR count). The summed E-state index contributed by atoms with van der Waals surface area (Å²) in [6.45, 7) is 6.90. The van der Waals surface area contributed by atoms with Crippen LogP contribution in [0.25, 0.3) is 0 Å². The molecule has 21 atom stereocenters. The summed E-state index contributed by atoms with van der Waals surface area (Å²) in [5.41, 5.74) is 5.33. The van der Waals surface area contributed by atoms with Gasteiger partial charge in [0.05, 0.1) is 63.0 Å². The molecule has 4 fully saturated rings. The minimum atomic E-state index is -2.05. The Kier molecular flexibility index (Phi) is 34.2. The molecular weight excluding hydrogens is 1400 g/mol. The standard InChI is InChI=1S/C63H104N16O26/c1-26(2)42(70-52(93)38-15-10-18-76(38)60(101)36(25-82)68-51(92)37-14-11-20-78(37)62(103)48(33(9)88)75-56(97)43(28(4)83)69-41(89)22-64)61(102)77-19-12-16-39(77)53(94)72-47(32(8)87)58(99)74-45(30(6)85)55(96)67-35(24-81)50(91)71-46(31(7)86)57(98)73-44(29(5)84)54(95)66-34(23-80)49(90)65-27(3)59(100)79-21-13-17-40(79)63(104)105/h26-40,42-48,80-88H,10-25,64H2,1-9H3,(H,65,90)(H,66,95)(H,67,96)(H,68,92)(H,69,89)(H,70,93)(H,71,91)(H,72,94)(H,73,98)(H,74,99)(H,75,97)(H,104,105)/t27-,28+,29+,30+,31+,32+,33+,34?,35-,36-,37-,38-,39-,40-,42-,43-,44-,45-,46-,47-,48-/m0/s1. The summed E-state index contributed by atoms with van der Waals surface area (Å²) in [7, 11) is 0.